The first kappa shape index (κ1) is 20.9. The largest absolute Gasteiger partial charge is 0.381 e. The number of benzene rings is 2. The molecule has 166 valence electrons. The van der Waals surface area contributed by atoms with Gasteiger partial charge in [0.2, 0.25) is 0 Å². The SMILES string of the molecule is CC(C)(C)C(=O)n1ncc2cc3c(cc(C4(C)CCOCC4)n3-c3ccc(F)cc3)cc21. The van der Waals surface area contributed by atoms with Gasteiger partial charge in [-0.3, -0.25) is 4.79 Å². The van der Waals surface area contributed by atoms with Gasteiger partial charge in [0, 0.05) is 46.2 Å². The zero-order valence-corrected chi connectivity index (χ0v) is 19.0. The maximum Gasteiger partial charge on any atom is 0.252 e. The number of halogens is 1. The van der Waals surface area contributed by atoms with Gasteiger partial charge in [-0.1, -0.05) is 27.7 Å². The van der Waals surface area contributed by atoms with Gasteiger partial charge in [0.15, 0.2) is 0 Å². The minimum Gasteiger partial charge on any atom is -0.381 e. The fraction of sp³-hybridized carbons (Fsp3) is 0.385. The molecule has 0 aliphatic carbocycles. The Morgan fingerprint density at radius 3 is 2.34 bits per heavy atom. The second-order valence-corrected chi connectivity index (χ2v) is 10.1. The van der Waals surface area contributed by atoms with Gasteiger partial charge in [-0.2, -0.15) is 9.78 Å². The zero-order chi connectivity index (χ0) is 22.7. The minimum atomic E-state index is -0.533. The number of nitrogens with zero attached hydrogens (tertiary/aromatic N) is 3. The molecule has 1 saturated heterocycles. The number of rotatable bonds is 2. The van der Waals surface area contributed by atoms with Gasteiger partial charge in [0.25, 0.3) is 5.91 Å². The first-order chi connectivity index (χ1) is 15.2. The molecule has 0 radical (unpaired) electrons. The van der Waals surface area contributed by atoms with E-state index < -0.39 is 5.41 Å². The Bertz CT molecular complexity index is 1320. The van der Waals surface area contributed by atoms with Crippen molar-refractivity contribution in [3.05, 3.63) is 60.2 Å². The Morgan fingerprint density at radius 2 is 1.69 bits per heavy atom. The Labute approximate surface area is 186 Å². The molecular formula is C26H28FN3O2. The van der Waals surface area contributed by atoms with E-state index in [-0.39, 0.29) is 17.1 Å². The predicted octanol–water partition coefficient (Wildman–Crippen LogP) is 5.87. The van der Waals surface area contributed by atoms with E-state index in [4.69, 9.17) is 4.74 Å². The predicted molar refractivity (Wildman–Crippen MR) is 124 cm³/mol. The third-order valence-corrected chi connectivity index (χ3v) is 6.62. The highest BCUT2D eigenvalue weighted by Gasteiger charge is 2.34. The highest BCUT2D eigenvalue weighted by atomic mass is 19.1. The van der Waals surface area contributed by atoms with Crippen LogP contribution in [-0.4, -0.2) is 33.5 Å². The van der Waals surface area contributed by atoms with Gasteiger partial charge in [0.05, 0.1) is 17.2 Å². The molecule has 6 heteroatoms. The first-order valence-corrected chi connectivity index (χ1v) is 11.1. The van der Waals surface area contributed by atoms with Crippen LogP contribution >= 0.6 is 0 Å². The van der Waals surface area contributed by atoms with Crippen LogP contribution in [0.15, 0.2) is 48.7 Å². The minimum absolute atomic E-state index is 0.0403. The standard InChI is InChI=1S/C26H28FN3O2/c1-25(2,3)24(31)30-22-13-17-15-23(26(4)9-11-32-12-10-26)29(20-7-5-19(27)6-8-20)21(17)14-18(22)16-28-30/h5-8,13-16H,9-12H2,1-4H3. The highest BCUT2D eigenvalue weighted by Crippen LogP contribution is 2.40. The van der Waals surface area contributed by atoms with Crippen LogP contribution in [0.25, 0.3) is 27.5 Å². The van der Waals surface area contributed by atoms with Crippen LogP contribution < -0.4 is 0 Å². The maximum absolute atomic E-state index is 13.7. The van der Waals surface area contributed by atoms with E-state index in [0.29, 0.717) is 0 Å². The lowest BCUT2D eigenvalue weighted by molar-refractivity contribution is 0.0546. The van der Waals surface area contributed by atoms with Crippen LogP contribution in [0.1, 0.15) is 51.0 Å². The molecule has 5 nitrogen and oxygen atoms in total. The number of hydrogen-bond donors (Lipinski definition) is 0. The third-order valence-electron chi connectivity index (χ3n) is 6.62. The lowest BCUT2D eigenvalue weighted by Gasteiger charge is -2.34. The monoisotopic (exact) mass is 433 g/mol. The van der Waals surface area contributed by atoms with Crippen molar-refractivity contribution in [2.24, 2.45) is 5.41 Å². The Morgan fingerprint density at radius 1 is 1.03 bits per heavy atom. The summed E-state index contributed by atoms with van der Waals surface area (Å²) in [6.07, 6.45) is 3.58. The van der Waals surface area contributed by atoms with Gasteiger partial charge in [-0.05, 0) is 55.3 Å². The average Bonchev–Trinajstić information content (AvgIpc) is 3.33. The van der Waals surface area contributed by atoms with Gasteiger partial charge in [-0.15, -0.1) is 0 Å². The summed E-state index contributed by atoms with van der Waals surface area (Å²) in [5, 5.41) is 6.33. The van der Waals surface area contributed by atoms with Crippen molar-refractivity contribution < 1.29 is 13.9 Å². The number of carbonyl (C=O) groups excluding carboxylic acids is 1. The zero-order valence-electron chi connectivity index (χ0n) is 19.0. The van der Waals surface area contributed by atoms with Gasteiger partial charge in [-0.25, -0.2) is 4.39 Å². The summed E-state index contributed by atoms with van der Waals surface area (Å²) in [5.41, 5.74) is 3.32. The molecule has 1 aliphatic heterocycles. The van der Waals surface area contributed by atoms with E-state index >= 15 is 0 Å². The molecular weight excluding hydrogens is 405 g/mol. The van der Waals surface area contributed by atoms with E-state index in [1.165, 1.54) is 22.5 Å². The second-order valence-electron chi connectivity index (χ2n) is 10.1. The molecule has 0 saturated carbocycles. The first-order valence-electron chi connectivity index (χ1n) is 11.1. The fourth-order valence-electron chi connectivity index (χ4n) is 4.60. The number of hydrogen-bond acceptors (Lipinski definition) is 3. The molecule has 0 amide bonds. The van der Waals surface area contributed by atoms with Crippen LogP contribution in [0.3, 0.4) is 0 Å². The summed E-state index contributed by atoms with van der Waals surface area (Å²) in [5.74, 6) is -0.296. The number of aromatic nitrogens is 3. The Balaban J connectivity index is 1.77. The van der Waals surface area contributed by atoms with Crippen molar-refractivity contribution in [3.63, 3.8) is 0 Å². The topological polar surface area (TPSA) is 49.1 Å². The highest BCUT2D eigenvalue weighted by molar-refractivity contribution is 6.01. The number of carbonyl (C=O) groups is 1. The van der Waals surface area contributed by atoms with Crippen LogP contribution in [0.4, 0.5) is 4.39 Å². The number of ether oxygens (including phenoxy) is 1. The van der Waals surface area contributed by atoms with Gasteiger partial charge in [0.1, 0.15) is 5.82 Å². The molecule has 4 aromatic rings. The molecule has 0 bridgehead atoms. The molecule has 0 N–H and O–H groups in total. The van der Waals surface area contributed by atoms with Crippen molar-refractivity contribution >= 4 is 27.7 Å². The molecule has 1 aliphatic rings. The summed E-state index contributed by atoms with van der Waals surface area (Å²) in [4.78, 5) is 12.9. The molecule has 5 rings (SSSR count). The second kappa shape index (κ2) is 7.27. The maximum atomic E-state index is 13.7. The van der Waals surface area contributed by atoms with Crippen molar-refractivity contribution in [1.82, 2.24) is 14.3 Å². The lowest BCUT2D eigenvalue weighted by Crippen LogP contribution is -2.32. The van der Waals surface area contributed by atoms with Gasteiger partial charge >= 0.3 is 0 Å². The average molecular weight is 434 g/mol. The van der Waals surface area contributed by atoms with Crippen LogP contribution in [0.2, 0.25) is 0 Å². The van der Waals surface area contributed by atoms with E-state index in [9.17, 15) is 9.18 Å². The molecule has 0 unspecified atom stereocenters. The van der Waals surface area contributed by atoms with Crippen molar-refractivity contribution in [2.75, 3.05) is 13.2 Å². The van der Waals surface area contributed by atoms with Gasteiger partial charge < -0.3 is 9.30 Å². The molecule has 3 heterocycles. The summed E-state index contributed by atoms with van der Waals surface area (Å²) in [6, 6.07) is 13.0. The molecule has 2 aromatic heterocycles. The molecule has 2 aromatic carbocycles. The van der Waals surface area contributed by atoms with Crippen LogP contribution in [-0.2, 0) is 10.2 Å². The van der Waals surface area contributed by atoms with Crippen LogP contribution in [0, 0.1) is 11.2 Å². The fourth-order valence-corrected chi connectivity index (χ4v) is 4.60. The summed E-state index contributed by atoms with van der Waals surface area (Å²) in [7, 11) is 0. The summed E-state index contributed by atoms with van der Waals surface area (Å²) >= 11 is 0. The molecule has 0 spiro atoms. The molecule has 32 heavy (non-hydrogen) atoms. The lowest BCUT2D eigenvalue weighted by atomic mass is 9.79. The van der Waals surface area contributed by atoms with E-state index in [1.54, 1.807) is 6.20 Å². The van der Waals surface area contributed by atoms with Crippen molar-refractivity contribution in [2.45, 2.75) is 46.0 Å². The van der Waals surface area contributed by atoms with Crippen molar-refractivity contribution in [1.29, 1.82) is 0 Å². The Kier molecular flexibility index (Phi) is 4.75. The quantitative estimate of drug-likeness (QED) is 0.397. The van der Waals surface area contributed by atoms with E-state index in [2.05, 4.69) is 28.7 Å². The molecule has 0 atom stereocenters. The van der Waals surface area contributed by atoms with E-state index in [0.717, 1.165) is 53.5 Å². The third kappa shape index (κ3) is 3.34. The number of fused-ring (bicyclic) bond motifs is 2. The van der Waals surface area contributed by atoms with Crippen molar-refractivity contribution in [3.8, 4) is 5.69 Å². The smallest absolute Gasteiger partial charge is 0.252 e. The summed E-state index contributed by atoms with van der Waals surface area (Å²) in [6.45, 7) is 9.41. The summed E-state index contributed by atoms with van der Waals surface area (Å²) < 4.78 is 23.1. The van der Waals surface area contributed by atoms with E-state index in [1.807, 2.05) is 39.0 Å². The molecule has 1 fully saturated rings. The Hall–Kier alpha value is -2.99. The van der Waals surface area contributed by atoms with Crippen LogP contribution in [0.5, 0.6) is 0 Å². The normalized spacial score (nSPS) is 16.7.